The number of hydrogen-bond donors (Lipinski definition) is 1. The van der Waals surface area contributed by atoms with E-state index >= 15 is 0 Å². The van der Waals surface area contributed by atoms with Crippen molar-refractivity contribution >= 4 is 46.3 Å². The highest BCUT2D eigenvalue weighted by atomic mass is 35.5. The molecule has 1 aliphatic heterocycles. The van der Waals surface area contributed by atoms with Crippen molar-refractivity contribution in [3.8, 4) is 0 Å². The Balaban J connectivity index is 1.98. The van der Waals surface area contributed by atoms with Gasteiger partial charge in [-0.2, -0.15) is 0 Å². The van der Waals surface area contributed by atoms with Crippen LogP contribution in [0, 0.1) is 5.41 Å². The monoisotopic (exact) mass is 484 g/mol. The molecule has 0 aromatic heterocycles. The van der Waals surface area contributed by atoms with Crippen LogP contribution in [0.2, 0.25) is 10.0 Å². The van der Waals surface area contributed by atoms with Gasteiger partial charge in [0.2, 0.25) is 5.91 Å². The minimum atomic E-state index is -0.685. The van der Waals surface area contributed by atoms with Crippen molar-refractivity contribution in [2.75, 3.05) is 10.2 Å². The zero-order valence-corrected chi connectivity index (χ0v) is 20.9. The molecule has 2 aliphatic rings. The summed E-state index contributed by atoms with van der Waals surface area (Å²) in [6.45, 7) is 6.30. The topological polar surface area (TPSA) is 49.4 Å². The molecule has 0 unspecified atom stereocenters. The zero-order valence-electron chi connectivity index (χ0n) is 19.4. The summed E-state index contributed by atoms with van der Waals surface area (Å²) in [7, 11) is 0. The first-order valence-corrected chi connectivity index (χ1v) is 12.4. The van der Waals surface area contributed by atoms with Gasteiger partial charge in [0.25, 0.3) is 0 Å². The first-order valence-electron chi connectivity index (χ1n) is 11.6. The van der Waals surface area contributed by atoms with Crippen LogP contribution in [0.5, 0.6) is 0 Å². The third-order valence-corrected chi connectivity index (χ3v) is 7.10. The summed E-state index contributed by atoms with van der Waals surface area (Å²) in [5, 5.41) is 4.41. The van der Waals surface area contributed by atoms with Crippen LogP contribution in [0.1, 0.15) is 70.9 Å². The largest absolute Gasteiger partial charge is 0.357 e. The number of anilines is 2. The van der Waals surface area contributed by atoms with Crippen molar-refractivity contribution in [2.24, 2.45) is 5.41 Å². The van der Waals surface area contributed by atoms with Crippen LogP contribution in [-0.2, 0) is 9.59 Å². The zero-order chi connectivity index (χ0) is 23.8. The summed E-state index contributed by atoms with van der Waals surface area (Å²) in [5.41, 5.74) is 3.39. The molecule has 1 heterocycles. The van der Waals surface area contributed by atoms with Gasteiger partial charge in [0.05, 0.1) is 17.4 Å². The second-order valence-electron chi connectivity index (χ2n) is 9.73. The first-order chi connectivity index (χ1) is 15.7. The number of amides is 1. The molecule has 33 heavy (non-hydrogen) atoms. The number of ketones is 1. The molecule has 4 rings (SSSR count). The fourth-order valence-corrected chi connectivity index (χ4v) is 5.56. The number of halogens is 2. The molecule has 0 saturated heterocycles. The quantitative estimate of drug-likeness (QED) is 0.441. The predicted molar refractivity (Wildman–Crippen MR) is 136 cm³/mol. The van der Waals surface area contributed by atoms with E-state index in [9.17, 15) is 9.59 Å². The second-order valence-corrected chi connectivity index (χ2v) is 10.5. The third-order valence-electron chi connectivity index (χ3n) is 6.44. The highest BCUT2D eigenvalue weighted by molar-refractivity contribution is 6.36. The molecule has 2 aromatic carbocycles. The molecule has 6 heteroatoms. The van der Waals surface area contributed by atoms with E-state index in [0.29, 0.717) is 40.4 Å². The molecule has 1 N–H and O–H groups in total. The van der Waals surface area contributed by atoms with Gasteiger partial charge in [-0.3, -0.25) is 14.5 Å². The molecule has 1 aliphatic carbocycles. The Morgan fingerprint density at radius 1 is 1.06 bits per heavy atom. The van der Waals surface area contributed by atoms with Crippen molar-refractivity contribution < 1.29 is 9.59 Å². The lowest BCUT2D eigenvalue weighted by Gasteiger charge is -2.37. The normalized spacial score (nSPS) is 19.5. The van der Waals surface area contributed by atoms with Crippen molar-refractivity contribution in [3.05, 3.63) is 69.3 Å². The summed E-state index contributed by atoms with van der Waals surface area (Å²) in [6, 6.07) is 12.4. The molecule has 1 atom stereocenters. The van der Waals surface area contributed by atoms with E-state index in [1.54, 1.807) is 23.1 Å². The SMILES string of the molecule is CCCCCC(=O)N1c2ccccc2NC2=C(C(=O)CC(C)(C)C2)[C@@H]1c1c(Cl)cccc1Cl. The number of nitrogens with zero attached hydrogens (tertiary/aromatic N) is 1. The number of fused-ring (bicyclic) bond motifs is 1. The van der Waals surface area contributed by atoms with E-state index in [0.717, 1.165) is 36.3 Å². The van der Waals surface area contributed by atoms with Crippen LogP contribution < -0.4 is 10.2 Å². The number of carbonyl (C=O) groups excluding carboxylic acids is 2. The fraction of sp³-hybridized carbons (Fsp3) is 0.407. The van der Waals surface area contributed by atoms with Crippen molar-refractivity contribution in [2.45, 2.75) is 65.3 Å². The number of allylic oxidation sites excluding steroid dienone is 1. The Morgan fingerprint density at radius 3 is 2.45 bits per heavy atom. The fourth-order valence-electron chi connectivity index (χ4n) is 4.95. The number of hydrogen-bond acceptors (Lipinski definition) is 3. The number of para-hydroxylation sites is 2. The maximum absolute atomic E-state index is 13.8. The number of Topliss-reactive ketones (excluding diaryl/α,β-unsaturated/α-hetero) is 1. The maximum atomic E-state index is 13.8. The number of carbonyl (C=O) groups is 2. The number of nitrogens with one attached hydrogen (secondary N) is 1. The standard InChI is InChI=1S/C27H30Cl2N2O2/c1-4-5-6-14-23(33)31-21-13-8-7-12-19(21)30-20-15-27(2,3)16-22(32)25(20)26(31)24-17(28)10-9-11-18(24)29/h7-13,26,30H,4-6,14-16H2,1-3H3/t26-/m0/s1. The number of unbranched alkanes of at least 4 members (excludes halogenated alkanes) is 2. The van der Waals surface area contributed by atoms with E-state index < -0.39 is 6.04 Å². The highest BCUT2D eigenvalue weighted by Crippen LogP contribution is 2.50. The Labute approximate surface area is 206 Å². The lowest BCUT2D eigenvalue weighted by atomic mass is 9.73. The molecular weight excluding hydrogens is 455 g/mol. The summed E-state index contributed by atoms with van der Waals surface area (Å²) in [6.07, 6.45) is 4.27. The van der Waals surface area contributed by atoms with Crippen LogP contribution in [0.15, 0.2) is 53.7 Å². The van der Waals surface area contributed by atoms with Crippen LogP contribution in [0.4, 0.5) is 11.4 Å². The van der Waals surface area contributed by atoms with E-state index in [2.05, 4.69) is 26.1 Å². The molecule has 0 fully saturated rings. The van der Waals surface area contributed by atoms with Crippen LogP contribution in [0.25, 0.3) is 0 Å². The maximum Gasteiger partial charge on any atom is 0.227 e. The van der Waals surface area contributed by atoms with Gasteiger partial charge in [-0.25, -0.2) is 0 Å². The molecular formula is C27H30Cl2N2O2. The molecule has 4 nitrogen and oxygen atoms in total. The van der Waals surface area contributed by atoms with E-state index in [1.807, 2.05) is 24.3 Å². The van der Waals surface area contributed by atoms with Gasteiger partial charge < -0.3 is 5.32 Å². The van der Waals surface area contributed by atoms with Gasteiger partial charge in [-0.05, 0) is 42.5 Å². The van der Waals surface area contributed by atoms with Crippen molar-refractivity contribution in [1.82, 2.24) is 0 Å². The molecule has 0 spiro atoms. The van der Waals surface area contributed by atoms with E-state index in [-0.39, 0.29) is 17.1 Å². The van der Waals surface area contributed by atoms with Crippen LogP contribution in [-0.4, -0.2) is 11.7 Å². The molecule has 0 radical (unpaired) electrons. The second kappa shape index (κ2) is 9.52. The van der Waals surface area contributed by atoms with Crippen molar-refractivity contribution in [1.29, 1.82) is 0 Å². The number of benzene rings is 2. The summed E-state index contributed by atoms with van der Waals surface area (Å²) in [5.74, 6) is -0.0148. The minimum absolute atomic E-state index is 0.0221. The lowest BCUT2D eigenvalue weighted by molar-refractivity contribution is -0.119. The Kier molecular flexibility index (Phi) is 6.88. The van der Waals surface area contributed by atoms with Gasteiger partial charge in [-0.1, -0.05) is 75.0 Å². The Bertz CT molecular complexity index is 1100. The third kappa shape index (κ3) is 4.69. The summed E-state index contributed by atoms with van der Waals surface area (Å²) >= 11 is 13.4. The van der Waals surface area contributed by atoms with E-state index in [4.69, 9.17) is 23.2 Å². The highest BCUT2D eigenvalue weighted by Gasteiger charge is 2.44. The lowest BCUT2D eigenvalue weighted by Crippen LogP contribution is -2.39. The van der Waals surface area contributed by atoms with Gasteiger partial charge in [0.15, 0.2) is 5.78 Å². The molecule has 174 valence electrons. The molecule has 1 amide bonds. The Morgan fingerprint density at radius 2 is 1.76 bits per heavy atom. The van der Waals surface area contributed by atoms with Crippen LogP contribution in [0.3, 0.4) is 0 Å². The first kappa shape index (κ1) is 23.8. The number of rotatable bonds is 5. The minimum Gasteiger partial charge on any atom is -0.357 e. The van der Waals surface area contributed by atoms with Crippen molar-refractivity contribution in [3.63, 3.8) is 0 Å². The molecule has 2 aromatic rings. The van der Waals surface area contributed by atoms with Crippen LogP contribution >= 0.6 is 23.2 Å². The van der Waals surface area contributed by atoms with Gasteiger partial charge in [-0.15, -0.1) is 0 Å². The molecule has 0 bridgehead atoms. The Hall–Kier alpha value is -2.30. The van der Waals surface area contributed by atoms with Gasteiger partial charge >= 0.3 is 0 Å². The summed E-state index contributed by atoms with van der Waals surface area (Å²) in [4.78, 5) is 29.2. The predicted octanol–water partition coefficient (Wildman–Crippen LogP) is 7.72. The molecule has 0 saturated carbocycles. The summed E-state index contributed by atoms with van der Waals surface area (Å²) < 4.78 is 0. The smallest absolute Gasteiger partial charge is 0.227 e. The van der Waals surface area contributed by atoms with E-state index in [1.165, 1.54) is 0 Å². The van der Waals surface area contributed by atoms with Gasteiger partial charge in [0.1, 0.15) is 0 Å². The average molecular weight is 485 g/mol. The van der Waals surface area contributed by atoms with Gasteiger partial charge in [0, 0.05) is 39.7 Å². The average Bonchev–Trinajstić information content (AvgIpc) is 2.87.